The molecule has 0 heterocycles. The van der Waals surface area contributed by atoms with E-state index in [9.17, 15) is 9.59 Å². The van der Waals surface area contributed by atoms with Crippen molar-refractivity contribution in [1.82, 2.24) is 10.9 Å². The molecule has 7 heteroatoms. The van der Waals surface area contributed by atoms with Crippen molar-refractivity contribution in [3.8, 4) is 5.75 Å². The Morgan fingerprint density at radius 1 is 0.958 bits per heavy atom. The first-order chi connectivity index (χ1) is 11.4. The molecule has 0 spiro atoms. The molecule has 0 unspecified atom stereocenters. The van der Waals surface area contributed by atoms with Crippen LogP contribution in [0.4, 0.5) is 0 Å². The van der Waals surface area contributed by atoms with Gasteiger partial charge in [0, 0.05) is 5.02 Å². The first-order valence-electron chi connectivity index (χ1n) is 7.20. The third-order valence-corrected chi connectivity index (χ3v) is 3.51. The molecule has 2 N–H and O–H groups in total. The average Bonchev–Trinajstić information content (AvgIpc) is 2.52. The molecule has 0 radical (unpaired) electrons. The van der Waals surface area contributed by atoms with Crippen LogP contribution in [0.25, 0.3) is 0 Å². The van der Waals surface area contributed by atoms with Crippen LogP contribution >= 0.6 is 23.2 Å². The highest BCUT2D eigenvalue weighted by Gasteiger charge is 2.15. The molecule has 2 aromatic carbocycles. The van der Waals surface area contributed by atoms with E-state index in [1.54, 1.807) is 24.3 Å². The van der Waals surface area contributed by atoms with Crippen LogP contribution in [0, 0.1) is 0 Å². The fraction of sp³-hybridized carbons (Fsp3) is 0.176. The molecule has 0 saturated heterocycles. The zero-order chi connectivity index (χ0) is 17.7. The number of hydrogen-bond donors (Lipinski definition) is 2. The zero-order valence-electron chi connectivity index (χ0n) is 13.1. The van der Waals surface area contributed by atoms with Crippen molar-refractivity contribution in [2.45, 2.75) is 20.0 Å². The van der Waals surface area contributed by atoms with E-state index in [0.717, 1.165) is 0 Å². The second-order valence-electron chi connectivity index (χ2n) is 5.20. The molecule has 5 nitrogen and oxygen atoms in total. The van der Waals surface area contributed by atoms with Gasteiger partial charge in [-0.3, -0.25) is 20.4 Å². The van der Waals surface area contributed by atoms with Gasteiger partial charge < -0.3 is 4.74 Å². The van der Waals surface area contributed by atoms with Gasteiger partial charge in [-0.2, -0.15) is 0 Å². The average molecular weight is 367 g/mol. The molecule has 0 atom stereocenters. The Kier molecular flexibility index (Phi) is 6.06. The Balaban J connectivity index is 2.07. The predicted octanol–water partition coefficient (Wildman–Crippen LogP) is 3.86. The molecule has 0 saturated carbocycles. The van der Waals surface area contributed by atoms with Crippen molar-refractivity contribution in [2.75, 3.05) is 0 Å². The summed E-state index contributed by atoms with van der Waals surface area (Å²) in [4.78, 5) is 24.4. The van der Waals surface area contributed by atoms with Gasteiger partial charge in [0.2, 0.25) is 0 Å². The van der Waals surface area contributed by atoms with Crippen LogP contribution in [0.3, 0.4) is 0 Å². The highest BCUT2D eigenvalue weighted by Crippen LogP contribution is 2.21. The maximum absolute atomic E-state index is 12.3. The van der Waals surface area contributed by atoms with Crippen LogP contribution in [0.1, 0.15) is 34.6 Å². The summed E-state index contributed by atoms with van der Waals surface area (Å²) in [5.74, 6) is -0.610. The van der Waals surface area contributed by atoms with Gasteiger partial charge in [-0.05, 0) is 44.2 Å². The highest BCUT2D eigenvalue weighted by molar-refractivity contribution is 6.36. The summed E-state index contributed by atoms with van der Waals surface area (Å²) in [5.41, 5.74) is 5.17. The monoisotopic (exact) mass is 366 g/mol. The van der Waals surface area contributed by atoms with E-state index in [4.69, 9.17) is 27.9 Å². The molecular weight excluding hydrogens is 351 g/mol. The van der Waals surface area contributed by atoms with Crippen LogP contribution in [-0.2, 0) is 0 Å². The molecule has 2 aromatic rings. The molecule has 0 aliphatic rings. The molecule has 0 bridgehead atoms. The number of hydrazine groups is 1. The van der Waals surface area contributed by atoms with Crippen molar-refractivity contribution in [2.24, 2.45) is 0 Å². The highest BCUT2D eigenvalue weighted by atomic mass is 35.5. The van der Waals surface area contributed by atoms with E-state index in [1.165, 1.54) is 18.2 Å². The number of para-hydroxylation sites is 1. The van der Waals surface area contributed by atoms with E-state index in [-0.39, 0.29) is 16.7 Å². The number of benzene rings is 2. The topological polar surface area (TPSA) is 67.4 Å². The SMILES string of the molecule is CC(C)Oc1ccccc1C(=O)NNC(=O)c1ccc(Cl)cc1Cl. The number of ether oxygens (including phenoxy) is 1. The van der Waals surface area contributed by atoms with Gasteiger partial charge in [-0.1, -0.05) is 35.3 Å². The van der Waals surface area contributed by atoms with Gasteiger partial charge in [-0.25, -0.2) is 0 Å². The maximum Gasteiger partial charge on any atom is 0.273 e. The van der Waals surface area contributed by atoms with Gasteiger partial charge in [0.05, 0.1) is 22.3 Å². The third kappa shape index (κ3) is 4.63. The lowest BCUT2D eigenvalue weighted by atomic mass is 10.2. The quantitative estimate of drug-likeness (QED) is 0.807. The van der Waals surface area contributed by atoms with E-state index in [1.807, 2.05) is 13.8 Å². The summed E-state index contributed by atoms with van der Waals surface area (Å²) >= 11 is 11.7. The third-order valence-electron chi connectivity index (χ3n) is 2.96. The Bertz CT molecular complexity index is 763. The number of rotatable bonds is 4. The largest absolute Gasteiger partial charge is 0.490 e. The lowest BCUT2D eigenvalue weighted by Gasteiger charge is -2.14. The minimum absolute atomic E-state index is 0.0820. The second kappa shape index (κ2) is 8.04. The Morgan fingerprint density at radius 3 is 2.21 bits per heavy atom. The van der Waals surface area contributed by atoms with Crippen LogP contribution in [0.5, 0.6) is 5.75 Å². The fourth-order valence-corrected chi connectivity index (χ4v) is 2.43. The Labute approximate surface area is 149 Å². The van der Waals surface area contributed by atoms with E-state index in [0.29, 0.717) is 16.3 Å². The van der Waals surface area contributed by atoms with Crippen LogP contribution in [0.15, 0.2) is 42.5 Å². The summed E-state index contributed by atoms with van der Waals surface area (Å²) in [6, 6.07) is 11.2. The predicted molar refractivity (Wildman–Crippen MR) is 93.6 cm³/mol. The zero-order valence-corrected chi connectivity index (χ0v) is 14.6. The molecular formula is C17H16Cl2N2O3. The van der Waals surface area contributed by atoms with Crippen molar-refractivity contribution < 1.29 is 14.3 Å². The molecule has 24 heavy (non-hydrogen) atoms. The number of carbonyl (C=O) groups excluding carboxylic acids is 2. The first kappa shape index (κ1) is 18.1. The van der Waals surface area contributed by atoms with Crippen LogP contribution in [-0.4, -0.2) is 17.9 Å². The smallest absolute Gasteiger partial charge is 0.273 e. The first-order valence-corrected chi connectivity index (χ1v) is 7.95. The van der Waals surface area contributed by atoms with Gasteiger partial charge >= 0.3 is 0 Å². The lowest BCUT2D eigenvalue weighted by Crippen LogP contribution is -2.41. The fourth-order valence-electron chi connectivity index (χ4n) is 1.93. The standard InChI is InChI=1S/C17H16Cl2N2O3/c1-10(2)24-15-6-4-3-5-13(15)17(23)21-20-16(22)12-8-7-11(18)9-14(12)19/h3-10H,1-2H3,(H,20,22)(H,21,23). The molecule has 0 aromatic heterocycles. The number of hydrogen-bond acceptors (Lipinski definition) is 3. The summed E-state index contributed by atoms with van der Waals surface area (Å²) in [6.45, 7) is 3.72. The van der Waals surface area contributed by atoms with Crippen molar-refractivity contribution >= 4 is 35.0 Å². The van der Waals surface area contributed by atoms with Gasteiger partial charge in [0.15, 0.2) is 0 Å². The van der Waals surface area contributed by atoms with Gasteiger partial charge in [0.1, 0.15) is 5.75 Å². The molecule has 0 aliphatic carbocycles. The number of nitrogens with one attached hydrogen (secondary N) is 2. The molecule has 2 rings (SSSR count). The number of carbonyl (C=O) groups is 2. The molecule has 126 valence electrons. The van der Waals surface area contributed by atoms with E-state index >= 15 is 0 Å². The Hall–Kier alpha value is -2.24. The number of halogens is 2. The second-order valence-corrected chi connectivity index (χ2v) is 6.04. The molecule has 0 aliphatic heterocycles. The summed E-state index contributed by atoms with van der Waals surface area (Å²) < 4.78 is 5.58. The van der Waals surface area contributed by atoms with E-state index < -0.39 is 11.8 Å². The molecule has 2 amide bonds. The number of amides is 2. The van der Waals surface area contributed by atoms with Crippen LogP contribution < -0.4 is 15.6 Å². The minimum Gasteiger partial charge on any atom is -0.490 e. The van der Waals surface area contributed by atoms with Crippen molar-refractivity contribution in [3.63, 3.8) is 0 Å². The minimum atomic E-state index is -0.549. The van der Waals surface area contributed by atoms with Gasteiger partial charge in [0.25, 0.3) is 11.8 Å². The van der Waals surface area contributed by atoms with Crippen molar-refractivity contribution in [3.05, 3.63) is 63.6 Å². The van der Waals surface area contributed by atoms with E-state index in [2.05, 4.69) is 10.9 Å². The lowest BCUT2D eigenvalue weighted by molar-refractivity contribution is 0.0843. The summed E-state index contributed by atoms with van der Waals surface area (Å²) in [7, 11) is 0. The summed E-state index contributed by atoms with van der Waals surface area (Å²) in [5, 5.41) is 0.609. The normalized spacial score (nSPS) is 10.4. The van der Waals surface area contributed by atoms with Crippen molar-refractivity contribution in [1.29, 1.82) is 0 Å². The molecule has 0 fully saturated rings. The summed E-state index contributed by atoms with van der Waals surface area (Å²) in [6.07, 6.45) is -0.0820. The Morgan fingerprint density at radius 2 is 1.58 bits per heavy atom. The maximum atomic E-state index is 12.3. The van der Waals surface area contributed by atoms with Crippen LogP contribution in [0.2, 0.25) is 10.0 Å². The van der Waals surface area contributed by atoms with Gasteiger partial charge in [-0.15, -0.1) is 0 Å².